The molecule has 3 aromatic rings. The summed E-state index contributed by atoms with van der Waals surface area (Å²) in [5.41, 5.74) is 1.04. The van der Waals surface area contributed by atoms with Gasteiger partial charge in [0.1, 0.15) is 5.82 Å². The van der Waals surface area contributed by atoms with E-state index in [2.05, 4.69) is 4.98 Å². The molecule has 1 saturated heterocycles. The van der Waals surface area contributed by atoms with Gasteiger partial charge < -0.3 is 14.4 Å². The highest BCUT2D eigenvalue weighted by molar-refractivity contribution is 7.91. The number of benzene rings is 1. The number of sulfone groups is 1. The van der Waals surface area contributed by atoms with Crippen LogP contribution in [0.4, 0.5) is 4.39 Å². The summed E-state index contributed by atoms with van der Waals surface area (Å²) >= 11 is 0. The number of likely N-dealkylation sites (tertiary alicyclic amines) is 1. The Hall–Kier alpha value is -2.36. The van der Waals surface area contributed by atoms with Crippen molar-refractivity contribution < 1.29 is 17.5 Å². The number of nitrogens with zero attached hydrogens (tertiary/aromatic N) is 4. The first kappa shape index (κ1) is 21.9. The average Bonchev–Trinajstić information content (AvgIpc) is 3.30. The molecule has 0 saturated carbocycles. The Morgan fingerprint density at radius 1 is 1.13 bits per heavy atom. The van der Waals surface area contributed by atoms with Crippen LogP contribution in [0.3, 0.4) is 0 Å². The zero-order chi connectivity index (χ0) is 22.4. The fraction of sp³-hybridized carbons (Fsp3) is 0.455. The maximum atomic E-state index is 13.5. The van der Waals surface area contributed by atoms with Crippen molar-refractivity contribution in [3.63, 3.8) is 0 Å². The Bertz CT molecular complexity index is 1230. The molecule has 3 heterocycles. The second-order valence-corrected chi connectivity index (χ2v) is 11.2. The number of hydroxylamine groups is 3. The van der Waals surface area contributed by atoms with Crippen molar-refractivity contribution in [3.05, 3.63) is 53.5 Å². The Morgan fingerprint density at radius 3 is 2.45 bits per heavy atom. The van der Waals surface area contributed by atoms with E-state index < -0.39 is 15.8 Å². The Kier molecular flexibility index (Phi) is 5.39. The number of halogens is 1. The fourth-order valence-electron chi connectivity index (χ4n) is 4.18. The molecule has 0 unspecified atom stereocenters. The van der Waals surface area contributed by atoms with E-state index in [1.54, 1.807) is 6.07 Å². The van der Waals surface area contributed by atoms with E-state index in [0.717, 1.165) is 36.4 Å². The molecule has 9 heteroatoms. The first-order valence-electron chi connectivity index (χ1n) is 10.4. The van der Waals surface area contributed by atoms with Gasteiger partial charge in [-0.3, -0.25) is 0 Å². The number of hydrogen-bond donors (Lipinski definition) is 0. The first-order chi connectivity index (χ1) is 14.5. The summed E-state index contributed by atoms with van der Waals surface area (Å²) < 4.78 is 41.3. The lowest BCUT2D eigenvalue weighted by atomic mass is 9.95. The molecule has 7 nitrogen and oxygen atoms in total. The van der Waals surface area contributed by atoms with Crippen LogP contribution in [-0.4, -0.2) is 47.2 Å². The molecule has 2 aromatic heterocycles. The number of hydrogen-bond acceptors (Lipinski definition) is 5. The van der Waals surface area contributed by atoms with Gasteiger partial charge in [0.2, 0.25) is 15.8 Å². The van der Waals surface area contributed by atoms with Gasteiger partial charge in [-0.1, -0.05) is 20.8 Å². The normalized spacial score (nSPS) is 16.8. The number of rotatable bonds is 5. The number of pyridine rings is 1. The summed E-state index contributed by atoms with van der Waals surface area (Å²) in [5.74, 6) is -0.0455. The van der Waals surface area contributed by atoms with Gasteiger partial charge >= 0.3 is 0 Å². The molecule has 1 aliphatic heterocycles. The molecule has 0 bridgehead atoms. The standard InChI is InChI=1S/C22H27FN4O3S/c1-22(2,3)21-25-18-14-16(31(29,30)17-8-9-24-20(23)15-17)6-7-19(18)26(21)10-13-27(28)11-4-5-12-27/h6-9,14-15H,4-5,10-13H2,1-3H3. The second kappa shape index (κ2) is 7.65. The zero-order valence-electron chi connectivity index (χ0n) is 18.0. The lowest BCUT2D eigenvalue weighted by molar-refractivity contribution is -0.868. The summed E-state index contributed by atoms with van der Waals surface area (Å²) in [6, 6.07) is 6.94. The molecule has 166 valence electrons. The highest BCUT2D eigenvalue weighted by atomic mass is 32.2. The quantitative estimate of drug-likeness (QED) is 0.338. The van der Waals surface area contributed by atoms with Gasteiger partial charge in [-0.2, -0.15) is 4.39 Å². The Morgan fingerprint density at radius 2 is 1.81 bits per heavy atom. The fourth-order valence-corrected chi connectivity index (χ4v) is 5.46. The molecule has 0 amide bonds. The maximum Gasteiger partial charge on any atom is 0.214 e. The average molecular weight is 447 g/mol. The third-order valence-electron chi connectivity index (χ3n) is 5.82. The molecule has 4 rings (SSSR count). The van der Waals surface area contributed by atoms with E-state index in [9.17, 15) is 18.0 Å². The Labute approximate surface area is 181 Å². The monoisotopic (exact) mass is 446 g/mol. The van der Waals surface area contributed by atoms with Crippen LogP contribution in [0, 0.1) is 11.2 Å². The summed E-state index contributed by atoms with van der Waals surface area (Å²) in [6.07, 6.45) is 3.04. The highest BCUT2D eigenvalue weighted by Crippen LogP contribution is 2.30. The largest absolute Gasteiger partial charge is 0.633 e. The summed E-state index contributed by atoms with van der Waals surface area (Å²) in [4.78, 5) is 8.06. The van der Waals surface area contributed by atoms with E-state index in [1.807, 2.05) is 25.3 Å². The minimum absolute atomic E-state index is 0.0441. The molecule has 31 heavy (non-hydrogen) atoms. The van der Waals surface area contributed by atoms with Crippen LogP contribution >= 0.6 is 0 Å². The van der Waals surface area contributed by atoms with Crippen molar-refractivity contribution in [1.82, 2.24) is 14.5 Å². The lowest BCUT2D eigenvalue weighted by Gasteiger charge is -2.38. The van der Waals surface area contributed by atoms with Crippen LogP contribution in [0.5, 0.6) is 0 Å². The molecule has 0 spiro atoms. The van der Waals surface area contributed by atoms with Gasteiger partial charge in [-0.25, -0.2) is 18.4 Å². The molecular formula is C22H27FN4O3S. The summed E-state index contributed by atoms with van der Waals surface area (Å²) in [5, 5.41) is 12.9. The minimum Gasteiger partial charge on any atom is -0.633 e. The summed E-state index contributed by atoms with van der Waals surface area (Å²) in [6.45, 7) is 8.39. The van der Waals surface area contributed by atoms with Gasteiger partial charge in [0.05, 0.1) is 47.0 Å². The third-order valence-corrected chi connectivity index (χ3v) is 7.57. The van der Waals surface area contributed by atoms with Crippen molar-refractivity contribution in [3.8, 4) is 0 Å². The van der Waals surface area contributed by atoms with Crippen LogP contribution in [0.2, 0.25) is 0 Å². The van der Waals surface area contributed by atoms with Crippen molar-refractivity contribution in [2.45, 2.75) is 55.4 Å². The van der Waals surface area contributed by atoms with E-state index in [4.69, 9.17) is 4.98 Å². The van der Waals surface area contributed by atoms with Crippen molar-refractivity contribution in [2.75, 3.05) is 19.6 Å². The van der Waals surface area contributed by atoms with Crippen LogP contribution in [-0.2, 0) is 21.8 Å². The van der Waals surface area contributed by atoms with Gasteiger partial charge in [0.25, 0.3) is 0 Å². The number of fused-ring (bicyclic) bond motifs is 1. The number of quaternary nitrogens is 1. The second-order valence-electron chi connectivity index (χ2n) is 9.24. The van der Waals surface area contributed by atoms with E-state index in [1.165, 1.54) is 18.2 Å². The maximum absolute atomic E-state index is 13.5. The third kappa shape index (κ3) is 4.22. The molecule has 0 N–H and O–H groups in total. The van der Waals surface area contributed by atoms with E-state index in [-0.39, 0.29) is 19.9 Å². The molecular weight excluding hydrogens is 419 g/mol. The number of imidazole rings is 1. The van der Waals surface area contributed by atoms with Gasteiger partial charge in [0.15, 0.2) is 0 Å². The topological polar surface area (TPSA) is 87.9 Å². The highest BCUT2D eigenvalue weighted by Gasteiger charge is 2.28. The first-order valence-corrected chi connectivity index (χ1v) is 11.9. The van der Waals surface area contributed by atoms with Crippen molar-refractivity contribution in [2.24, 2.45) is 0 Å². The van der Waals surface area contributed by atoms with Gasteiger partial charge in [-0.05, 0) is 24.3 Å². The van der Waals surface area contributed by atoms with Gasteiger partial charge in [0, 0.05) is 30.5 Å². The molecule has 0 aliphatic carbocycles. The van der Waals surface area contributed by atoms with Crippen molar-refractivity contribution >= 4 is 20.9 Å². The van der Waals surface area contributed by atoms with Crippen LogP contribution < -0.4 is 0 Å². The zero-order valence-corrected chi connectivity index (χ0v) is 18.8. The molecule has 0 radical (unpaired) electrons. The lowest BCUT2D eigenvalue weighted by Crippen LogP contribution is -2.41. The predicted molar refractivity (Wildman–Crippen MR) is 116 cm³/mol. The SMILES string of the molecule is CC(C)(C)c1nc2cc(S(=O)(=O)c3ccnc(F)c3)ccc2n1CC[N+]1([O-])CCCC1. The molecule has 1 fully saturated rings. The van der Waals surface area contributed by atoms with Crippen molar-refractivity contribution in [1.29, 1.82) is 0 Å². The van der Waals surface area contributed by atoms with E-state index >= 15 is 0 Å². The van der Waals surface area contributed by atoms with Gasteiger partial charge in [-0.15, -0.1) is 0 Å². The minimum atomic E-state index is -3.91. The number of aromatic nitrogens is 3. The molecule has 0 atom stereocenters. The molecule has 1 aromatic carbocycles. The Balaban J connectivity index is 1.76. The molecule has 1 aliphatic rings. The predicted octanol–water partition coefficient (Wildman–Crippen LogP) is 3.81. The van der Waals surface area contributed by atoms with E-state index in [0.29, 0.717) is 31.7 Å². The van der Waals surface area contributed by atoms with Crippen LogP contribution in [0.15, 0.2) is 46.3 Å². The smallest absolute Gasteiger partial charge is 0.214 e. The van der Waals surface area contributed by atoms with Crippen LogP contribution in [0.1, 0.15) is 39.4 Å². The summed E-state index contributed by atoms with van der Waals surface area (Å²) in [7, 11) is -3.91. The van der Waals surface area contributed by atoms with Crippen LogP contribution in [0.25, 0.3) is 11.0 Å².